The monoisotopic (exact) mass is 265 g/mol. The summed E-state index contributed by atoms with van der Waals surface area (Å²) >= 11 is 3.21. The van der Waals surface area contributed by atoms with Gasteiger partial charge in [0.1, 0.15) is 5.01 Å². The van der Waals surface area contributed by atoms with E-state index in [0.717, 1.165) is 10.8 Å². The van der Waals surface area contributed by atoms with Crippen LogP contribution in [0, 0.1) is 0 Å². The van der Waals surface area contributed by atoms with Crippen LogP contribution in [0.1, 0.15) is 30.3 Å². The van der Waals surface area contributed by atoms with E-state index in [9.17, 15) is 0 Å². The third-order valence-corrected chi connectivity index (χ3v) is 4.35. The SMILES string of the molecule is CC(C)c1ccc(SCc2nnc(N)s2)cc1. The van der Waals surface area contributed by atoms with Gasteiger partial charge in [0.2, 0.25) is 5.13 Å². The smallest absolute Gasteiger partial charge is 0.203 e. The summed E-state index contributed by atoms with van der Waals surface area (Å²) < 4.78 is 0. The zero-order valence-corrected chi connectivity index (χ0v) is 11.5. The highest BCUT2D eigenvalue weighted by Crippen LogP contribution is 2.26. The molecular weight excluding hydrogens is 250 g/mol. The van der Waals surface area contributed by atoms with Crippen LogP contribution in [0.15, 0.2) is 29.2 Å². The topological polar surface area (TPSA) is 51.8 Å². The summed E-state index contributed by atoms with van der Waals surface area (Å²) in [6, 6.07) is 8.68. The Hall–Kier alpha value is -1.07. The Morgan fingerprint density at radius 3 is 2.47 bits per heavy atom. The minimum absolute atomic E-state index is 0.538. The molecule has 5 heteroatoms. The van der Waals surface area contributed by atoms with Gasteiger partial charge in [-0.1, -0.05) is 37.3 Å². The van der Waals surface area contributed by atoms with Crippen molar-refractivity contribution < 1.29 is 0 Å². The van der Waals surface area contributed by atoms with Crippen molar-refractivity contribution in [2.75, 3.05) is 5.73 Å². The van der Waals surface area contributed by atoms with Crippen LogP contribution in [0.4, 0.5) is 5.13 Å². The summed E-state index contributed by atoms with van der Waals surface area (Å²) in [7, 11) is 0. The van der Waals surface area contributed by atoms with Crippen molar-refractivity contribution in [3.05, 3.63) is 34.8 Å². The average Bonchev–Trinajstić information content (AvgIpc) is 2.73. The van der Waals surface area contributed by atoms with Crippen molar-refractivity contribution in [3.8, 4) is 0 Å². The fourth-order valence-corrected chi connectivity index (χ4v) is 2.91. The minimum Gasteiger partial charge on any atom is -0.374 e. The molecule has 0 saturated heterocycles. The molecular formula is C12H15N3S2. The van der Waals surface area contributed by atoms with Gasteiger partial charge in [-0.15, -0.1) is 22.0 Å². The maximum absolute atomic E-state index is 5.54. The van der Waals surface area contributed by atoms with E-state index < -0.39 is 0 Å². The quantitative estimate of drug-likeness (QED) is 0.859. The minimum atomic E-state index is 0.538. The number of nitrogens with zero attached hydrogens (tertiary/aromatic N) is 2. The molecule has 2 rings (SSSR count). The highest BCUT2D eigenvalue weighted by molar-refractivity contribution is 7.98. The summed E-state index contributed by atoms with van der Waals surface area (Å²) in [5, 5.41) is 9.31. The van der Waals surface area contributed by atoms with Gasteiger partial charge in [0.25, 0.3) is 0 Å². The van der Waals surface area contributed by atoms with Gasteiger partial charge in [0.05, 0.1) is 5.75 Å². The van der Waals surface area contributed by atoms with Crippen LogP contribution >= 0.6 is 23.1 Å². The first-order chi connectivity index (χ1) is 8.15. The van der Waals surface area contributed by atoms with E-state index in [2.05, 4.69) is 48.3 Å². The van der Waals surface area contributed by atoms with E-state index in [4.69, 9.17) is 5.73 Å². The van der Waals surface area contributed by atoms with Crippen molar-refractivity contribution in [3.63, 3.8) is 0 Å². The lowest BCUT2D eigenvalue weighted by Crippen LogP contribution is -1.86. The molecule has 2 aromatic rings. The van der Waals surface area contributed by atoms with Crippen LogP contribution in [0.3, 0.4) is 0 Å². The van der Waals surface area contributed by atoms with Gasteiger partial charge in [0, 0.05) is 4.90 Å². The zero-order valence-electron chi connectivity index (χ0n) is 9.88. The summed E-state index contributed by atoms with van der Waals surface area (Å²) in [5.74, 6) is 1.41. The third-order valence-electron chi connectivity index (χ3n) is 2.39. The first kappa shape index (κ1) is 12.4. The molecule has 17 heavy (non-hydrogen) atoms. The summed E-state index contributed by atoms with van der Waals surface area (Å²) in [5.41, 5.74) is 6.91. The van der Waals surface area contributed by atoms with Crippen LogP contribution in [-0.2, 0) is 5.75 Å². The number of benzene rings is 1. The number of nitrogens with two attached hydrogens (primary N) is 1. The number of aromatic nitrogens is 2. The highest BCUT2D eigenvalue weighted by Gasteiger charge is 2.03. The number of thioether (sulfide) groups is 1. The second kappa shape index (κ2) is 5.51. The summed E-state index contributed by atoms with van der Waals surface area (Å²) in [6.45, 7) is 4.40. The Bertz CT molecular complexity index is 477. The molecule has 90 valence electrons. The van der Waals surface area contributed by atoms with Crippen LogP contribution in [-0.4, -0.2) is 10.2 Å². The molecule has 0 aliphatic carbocycles. The molecule has 0 saturated carbocycles. The number of anilines is 1. The van der Waals surface area contributed by atoms with Gasteiger partial charge < -0.3 is 5.73 Å². The lowest BCUT2D eigenvalue weighted by molar-refractivity contribution is 0.865. The van der Waals surface area contributed by atoms with Crippen LogP contribution in [0.25, 0.3) is 0 Å². The van der Waals surface area contributed by atoms with Crippen molar-refractivity contribution in [2.24, 2.45) is 0 Å². The predicted molar refractivity (Wildman–Crippen MR) is 74.4 cm³/mol. The van der Waals surface area contributed by atoms with Crippen LogP contribution < -0.4 is 5.73 Å². The molecule has 2 N–H and O–H groups in total. The molecule has 0 spiro atoms. The third kappa shape index (κ3) is 3.44. The maximum Gasteiger partial charge on any atom is 0.203 e. The van der Waals surface area contributed by atoms with E-state index in [0.29, 0.717) is 11.0 Å². The number of hydrogen-bond acceptors (Lipinski definition) is 5. The first-order valence-corrected chi connectivity index (χ1v) is 7.26. The van der Waals surface area contributed by atoms with Gasteiger partial charge in [-0.2, -0.15) is 0 Å². The number of nitrogen functional groups attached to an aromatic ring is 1. The normalized spacial score (nSPS) is 11.0. The molecule has 0 amide bonds. The standard InChI is InChI=1S/C12H15N3S2/c1-8(2)9-3-5-10(6-4-9)16-7-11-14-15-12(13)17-11/h3-6,8H,7H2,1-2H3,(H2,13,15). The average molecular weight is 265 g/mol. The predicted octanol–water partition coefficient (Wildman–Crippen LogP) is 3.54. The van der Waals surface area contributed by atoms with E-state index in [1.807, 2.05) is 0 Å². The van der Waals surface area contributed by atoms with Gasteiger partial charge in [-0.3, -0.25) is 0 Å². The Balaban J connectivity index is 1.95. The van der Waals surface area contributed by atoms with E-state index >= 15 is 0 Å². The van der Waals surface area contributed by atoms with E-state index in [1.165, 1.54) is 21.8 Å². The molecule has 3 nitrogen and oxygen atoms in total. The van der Waals surface area contributed by atoms with Crippen molar-refractivity contribution in [1.29, 1.82) is 0 Å². The highest BCUT2D eigenvalue weighted by atomic mass is 32.2. The fraction of sp³-hybridized carbons (Fsp3) is 0.333. The summed E-state index contributed by atoms with van der Waals surface area (Å²) in [6.07, 6.45) is 0. The van der Waals surface area contributed by atoms with Gasteiger partial charge in [-0.25, -0.2) is 0 Å². The molecule has 0 fully saturated rings. The zero-order chi connectivity index (χ0) is 12.3. The Labute approximate surface area is 109 Å². The van der Waals surface area contributed by atoms with Crippen LogP contribution in [0.5, 0.6) is 0 Å². The van der Waals surface area contributed by atoms with E-state index in [1.54, 1.807) is 11.8 Å². The molecule has 0 atom stereocenters. The van der Waals surface area contributed by atoms with Gasteiger partial charge >= 0.3 is 0 Å². The lowest BCUT2D eigenvalue weighted by Gasteiger charge is -2.05. The van der Waals surface area contributed by atoms with E-state index in [-0.39, 0.29) is 0 Å². The van der Waals surface area contributed by atoms with Crippen molar-refractivity contribution in [1.82, 2.24) is 10.2 Å². The van der Waals surface area contributed by atoms with Crippen LogP contribution in [0.2, 0.25) is 0 Å². The second-order valence-electron chi connectivity index (χ2n) is 4.05. The van der Waals surface area contributed by atoms with Crippen molar-refractivity contribution >= 4 is 28.2 Å². The first-order valence-electron chi connectivity index (χ1n) is 5.46. The van der Waals surface area contributed by atoms with Crippen molar-refractivity contribution in [2.45, 2.75) is 30.4 Å². The van der Waals surface area contributed by atoms with Gasteiger partial charge in [0.15, 0.2) is 0 Å². The molecule has 1 heterocycles. The Kier molecular flexibility index (Phi) is 4.02. The molecule has 0 radical (unpaired) electrons. The maximum atomic E-state index is 5.54. The Morgan fingerprint density at radius 2 is 1.94 bits per heavy atom. The molecule has 1 aromatic carbocycles. The second-order valence-corrected chi connectivity index (χ2v) is 6.19. The molecule has 0 bridgehead atoms. The number of hydrogen-bond donors (Lipinski definition) is 1. The Morgan fingerprint density at radius 1 is 1.24 bits per heavy atom. The molecule has 0 aliphatic heterocycles. The van der Waals surface area contributed by atoms with Gasteiger partial charge in [-0.05, 0) is 23.6 Å². The largest absolute Gasteiger partial charge is 0.374 e. The fourth-order valence-electron chi connectivity index (χ4n) is 1.42. The molecule has 1 aromatic heterocycles. The molecule has 0 aliphatic rings. The summed E-state index contributed by atoms with van der Waals surface area (Å²) in [4.78, 5) is 1.25. The lowest BCUT2D eigenvalue weighted by atomic mass is 10.0. The molecule has 0 unspecified atom stereocenters. The number of rotatable bonds is 4.